The Bertz CT molecular complexity index is 916. The Balaban J connectivity index is 1.70. The fraction of sp³-hybridized carbons (Fsp3) is 0.160. The maximum atomic E-state index is 11.5. The van der Waals surface area contributed by atoms with Crippen LogP contribution in [0.5, 0.6) is 0 Å². The average molecular weight is 356 g/mol. The van der Waals surface area contributed by atoms with Crippen LogP contribution in [0.2, 0.25) is 0 Å². The molecule has 3 aromatic rings. The first-order valence-electron chi connectivity index (χ1n) is 9.13. The van der Waals surface area contributed by atoms with Gasteiger partial charge in [0.25, 0.3) is 0 Å². The highest BCUT2D eigenvalue weighted by molar-refractivity contribution is 5.89. The van der Waals surface area contributed by atoms with Gasteiger partial charge in [0.05, 0.1) is 12.7 Å². The number of hydrogen-bond acceptors (Lipinski definition) is 2. The van der Waals surface area contributed by atoms with E-state index in [0.717, 1.165) is 11.1 Å². The molecule has 0 spiro atoms. The molecule has 0 N–H and O–H groups in total. The van der Waals surface area contributed by atoms with Gasteiger partial charge in [0.1, 0.15) is 0 Å². The van der Waals surface area contributed by atoms with Crippen LogP contribution in [0.3, 0.4) is 0 Å². The zero-order chi connectivity index (χ0) is 19.2. The maximum absolute atomic E-state index is 11.5. The van der Waals surface area contributed by atoms with Crippen molar-refractivity contribution >= 4 is 18.1 Å². The van der Waals surface area contributed by atoms with Gasteiger partial charge in [-0.1, -0.05) is 86.7 Å². The molecule has 3 aromatic carbocycles. The molecular formula is C25H24O2. The molecule has 2 nitrogen and oxygen atoms in total. The van der Waals surface area contributed by atoms with Gasteiger partial charge in [-0.3, -0.25) is 0 Å². The minimum Gasteiger partial charge on any atom is -0.465 e. The van der Waals surface area contributed by atoms with Crippen LogP contribution in [0.4, 0.5) is 0 Å². The van der Waals surface area contributed by atoms with Gasteiger partial charge in [0, 0.05) is 0 Å². The van der Waals surface area contributed by atoms with Gasteiger partial charge in [-0.25, -0.2) is 4.79 Å². The summed E-state index contributed by atoms with van der Waals surface area (Å²) in [6, 6.07) is 24.7. The van der Waals surface area contributed by atoms with Gasteiger partial charge in [0.2, 0.25) is 0 Å². The monoisotopic (exact) mass is 356 g/mol. The molecule has 0 atom stereocenters. The van der Waals surface area contributed by atoms with E-state index in [4.69, 9.17) is 4.74 Å². The van der Waals surface area contributed by atoms with Crippen molar-refractivity contribution in [1.82, 2.24) is 0 Å². The van der Waals surface area contributed by atoms with E-state index in [1.807, 2.05) is 18.2 Å². The van der Waals surface area contributed by atoms with E-state index >= 15 is 0 Å². The molecule has 0 amide bonds. The number of rotatable bonds is 5. The lowest BCUT2D eigenvalue weighted by atomic mass is 9.98. The van der Waals surface area contributed by atoms with E-state index in [1.165, 1.54) is 23.8 Å². The summed E-state index contributed by atoms with van der Waals surface area (Å²) in [7, 11) is 1.39. The molecule has 136 valence electrons. The topological polar surface area (TPSA) is 26.3 Å². The lowest BCUT2D eigenvalue weighted by Crippen LogP contribution is -2.00. The minimum absolute atomic E-state index is 0.317. The highest BCUT2D eigenvalue weighted by Gasteiger charge is 2.03. The summed E-state index contributed by atoms with van der Waals surface area (Å²) in [4.78, 5) is 11.5. The zero-order valence-electron chi connectivity index (χ0n) is 16.0. The van der Waals surface area contributed by atoms with Crippen LogP contribution in [0.25, 0.3) is 23.3 Å². The third-order valence-electron chi connectivity index (χ3n) is 4.62. The van der Waals surface area contributed by atoms with Crippen molar-refractivity contribution in [2.75, 3.05) is 7.11 Å². The third-order valence-corrected chi connectivity index (χ3v) is 4.62. The molecule has 27 heavy (non-hydrogen) atoms. The molecule has 0 unspecified atom stereocenters. The number of ether oxygens (including phenoxy) is 1. The highest BCUT2D eigenvalue weighted by atomic mass is 16.5. The molecule has 0 aliphatic heterocycles. The Morgan fingerprint density at radius 2 is 1.19 bits per heavy atom. The number of hydrogen-bond donors (Lipinski definition) is 0. The Morgan fingerprint density at radius 3 is 1.63 bits per heavy atom. The summed E-state index contributed by atoms with van der Waals surface area (Å²) in [5, 5.41) is 0. The molecule has 0 radical (unpaired) electrons. The lowest BCUT2D eigenvalue weighted by molar-refractivity contribution is 0.0600. The third kappa shape index (κ3) is 4.73. The van der Waals surface area contributed by atoms with E-state index < -0.39 is 0 Å². The first-order chi connectivity index (χ1) is 13.1. The summed E-state index contributed by atoms with van der Waals surface area (Å²) in [6.45, 7) is 4.41. The smallest absolute Gasteiger partial charge is 0.337 e. The van der Waals surface area contributed by atoms with Crippen LogP contribution in [-0.2, 0) is 4.74 Å². The first kappa shape index (κ1) is 18.7. The van der Waals surface area contributed by atoms with Gasteiger partial charge in [-0.05, 0) is 45.9 Å². The molecule has 3 rings (SSSR count). The number of esters is 1. The van der Waals surface area contributed by atoms with Crippen LogP contribution >= 0.6 is 0 Å². The van der Waals surface area contributed by atoms with Crippen LogP contribution < -0.4 is 0 Å². The molecule has 0 aromatic heterocycles. The van der Waals surface area contributed by atoms with Gasteiger partial charge < -0.3 is 4.74 Å². The summed E-state index contributed by atoms with van der Waals surface area (Å²) in [6.07, 6.45) is 4.10. The Kier molecular flexibility index (Phi) is 5.87. The molecule has 0 aliphatic rings. The minimum atomic E-state index is -0.317. The van der Waals surface area contributed by atoms with Crippen molar-refractivity contribution in [2.45, 2.75) is 19.8 Å². The number of methoxy groups -OCH3 is 1. The van der Waals surface area contributed by atoms with Crippen molar-refractivity contribution in [3.63, 3.8) is 0 Å². The standard InChI is InChI=1S/C25H24O2/c1-18(2)21-14-16-23(17-15-21)22-10-6-19(7-11-22)4-5-20-8-12-24(13-9-20)25(26)27-3/h4-18H,1-3H3/b5-4+. The van der Waals surface area contributed by atoms with E-state index in [2.05, 4.69) is 68.5 Å². The normalized spacial score (nSPS) is 11.1. The van der Waals surface area contributed by atoms with Crippen molar-refractivity contribution in [1.29, 1.82) is 0 Å². The molecule has 0 bridgehead atoms. The van der Waals surface area contributed by atoms with Gasteiger partial charge >= 0.3 is 5.97 Å². The molecule has 0 heterocycles. The van der Waals surface area contributed by atoms with Crippen LogP contribution in [-0.4, -0.2) is 13.1 Å². The van der Waals surface area contributed by atoms with Crippen LogP contribution in [0.1, 0.15) is 46.8 Å². The number of carbonyl (C=O) groups is 1. The maximum Gasteiger partial charge on any atom is 0.337 e. The van der Waals surface area contributed by atoms with E-state index in [-0.39, 0.29) is 5.97 Å². The molecule has 0 saturated carbocycles. The first-order valence-corrected chi connectivity index (χ1v) is 9.13. The fourth-order valence-electron chi connectivity index (χ4n) is 2.89. The largest absolute Gasteiger partial charge is 0.465 e. The molecule has 0 aliphatic carbocycles. The van der Waals surface area contributed by atoms with E-state index in [9.17, 15) is 4.79 Å². The predicted molar refractivity (Wildman–Crippen MR) is 113 cm³/mol. The van der Waals surface area contributed by atoms with Gasteiger partial charge in [0.15, 0.2) is 0 Å². The van der Waals surface area contributed by atoms with E-state index in [0.29, 0.717) is 11.5 Å². The van der Waals surface area contributed by atoms with Crippen molar-refractivity contribution in [3.05, 3.63) is 95.1 Å². The quantitative estimate of drug-likeness (QED) is 0.389. The Morgan fingerprint density at radius 1 is 0.741 bits per heavy atom. The molecule has 0 fully saturated rings. The predicted octanol–water partition coefficient (Wildman–Crippen LogP) is 6.43. The molecular weight excluding hydrogens is 332 g/mol. The van der Waals surface area contributed by atoms with Gasteiger partial charge in [-0.15, -0.1) is 0 Å². The summed E-state index contributed by atoms with van der Waals surface area (Å²) < 4.78 is 4.71. The van der Waals surface area contributed by atoms with E-state index in [1.54, 1.807) is 12.1 Å². The molecule has 0 saturated heterocycles. The Labute approximate surface area is 161 Å². The second-order valence-corrected chi connectivity index (χ2v) is 6.85. The lowest BCUT2D eigenvalue weighted by Gasteiger charge is -2.07. The Hall–Kier alpha value is -3.13. The fourth-order valence-corrected chi connectivity index (χ4v) is 2.89. The SMILES string of the molecule is COC(=O)c1ccc(/C=C/c2ccc(-c3ccc(C(C)C)cc3)cc2)cc1. The van der Waals surface area contributed by atoms with Crippen molar-refractivity contribution in [3.8, 4) is 11.1 Å². The van der Waals surface area contributed by atoms with Crippen molar-refractivity contribution < 1.29 is 9.53 Å². The zero-order valence-corrected chi connectivity index (χ0v) is 16.0. The summed E-state index contributed by atoms with van der Waals surface area (Å²) >= 11 is 0. The van der Waals surface area contributed by atoms with Crippen LogP contribution in [0.15, 0.2) is 72.8 Å². The number of carbonyl (C=O) groups excluding carboxylic acids is 1. The van der Waals surface area contributed by atoms with Crippen molar-refractivity contribution in [2.24, 2.45) is 0 Å². The molecule has 2 heteroatoms. The summed E-state index contributed by atoms with van der Waals surface area (Å²) in [5.74, 6) is 0.232. The van der Waals surface area contributed by atoms with Gasteiger partial charge in [-0.2, -0.15) is 0 Å². The highest BCUT2D eigenvalue weighted by Crippen LogP contribution is 2.23. The average Bonchev–Trinajstić information content (AvgIpc) is 2.72. The van der Waals surface area contributed by atoms with Crippen LogP contribution in [0, 0.1) is 0 Å². The second-order valence-electron chi connectivity index (χ2n) is 6.85. The number of benzene rings is 3. The summed E-state index contributed by atoms with van der Waals surface area (Å²) in [5.41, 5.74) is 6.53. The second kappa shape index (κ2) is 8.50.